The Morgan fingerprint density at radius 3 is 2.42 bits per heavy atom. The third-order valence-electron chi connectivity index (χ3n) is 2.86. The van der Waals surface area contributed by atoms with E-state index in [0.717, 1.165) is 0 Å². The second kappa shape index (κ2) is 6.86. The van der Waals surface area contributed by atoms with Crippen LogP contribution in [0.5, 0.6) is 0 Å². The molecule has 0 heterocycles. The Balaban J connectivity index is 2.55. The minimum Gasteiger partial charge on any atom is -0.395 e. The third kappa shape index (κ3) is 4.69. The molecule has 0 aromatic heterocycles. The summed E-state index contributed by atoms with van der Waals surface area (Å²) in [5.41, 5.74) is 6.11. The van der Waals surface area contributed by atoms with E-state index in [2.05, 4.69) is 5.32 Å². The summed E-state index contributed by atoms with van der Waals surface area (Å²) < 4.78 is 0. The van der Waals surface area contributed by atoms with Gasteiger partial charge >= 0.3 is 0 Å². The number of carbonyl (C=O) groups is 2. The highest BCUT2D eigenvalue weighted by Gasteiger charge is 2.12. The summed E-state index contributed by atoms with van der Waals surface area (Å²) >= 11 is 0. The summed E-state index contributed by atoms with van der Waals surface area (Å²) in [6.07, 6.45) is 0. The zero-order valence-corrected chi connectivity index (χ0v) is 11.1. The van der Waals surface area contributed by atoms with Gasteiger partial charge < -0.3 is 16.2 Å². The van der Waals surface area contributed by atoms with Crippen LogP contribution in [0.25, 0.3) is 0 Å². The molecule has 0 saturated heterocycles. The van der Waals surface area contributed by atoms with Crippen molar-refractivity contribution in [3.63, 3.8) is 0 Å². The molecule has 6 nitrogen and oxygen atoms in total. The highest BCUT2D eigenvalue weighted by molar-refractivity contribution is 5.95. The lowest BCUT2D eigenvalue weighted by molar-refractivity contribution is -0.117. The highest BCUT2D eigenvalue weighted by Crippen LogP contribution is 2.09. The van der Waals surface area contributed by atoms with E-state index in [-0.39, 0.29) is 25.1 Å². The monoisotopic (exact) mass is 265 g/mol. The predicted octanol–water partition coefficient (Wildman–Crippen LogP) is 0.0366. The zero-order valence-electron chi connectivity index (χ0n) is 11.1. The molecule has 0 spiro atoms. The molecule has 0 fully saturated rings. The second-order valence-electron chi connectivity index (χ2n) is 4.44. The summed E-state index contributed by atoms with van der Waals surface area (Å²) in [6.45, 7) is 2.01. The van der Waals surface area contributed by atoms with E-state index in [4.69, 9.17) is 10.8 Å². The predicted molar refractivity (Wildman–Crippen MR) is 72.8 cm³/mol. The van der Waals surface area contributed by atoms with Crippen LogP contribution in [0.1, 0.15) is 17.3 Å². The number of benzene rings is 1. The van der Waals surface area contributed by atoms with E-state index < -0.39 is 5.91 Å². The molecule has 19 heavy (non-hydrogen) atoms. The van der Waals surface area contributed by atoms with Crippen LogP contribution in [0, 0.1) is 0 Å². The largest absolute Gasteiger partial charge is 0.395 e. The van der Waals surface area contributed by atoms with Gasteiger partial charge in [-0.1, -0.05) is 0 Å². The van der Waals surface area contributed by atoms with Gasteiger partial charge in [0.25, 0.3) is 0 Å². The van der Waals surface area contributed by atoms with Crippen LogP contribution in [0.2, 0.25) is 0 Å². The van der Waals surface area contributed by atoms with Crippen molar-refractivity contribution in [1.82, 2.24) is 4.90 Å². The first kappa shape index (κ1) is 15.1. The maximum Gasteiger partial charge on any atom is 0.248 e. The van der Waals surface area contributed by atoms with E-state index >= 15 is 0 Å². The van der Waals surface area contributed by atoms with Gasteiger partial charge in [0.15, 0.2) is 0 Å². The Morgan fingerprint density at radius 1 is 1.37 bits per heavy atom. The third-order valence-corrected chi connectivity index (χ3v) is 2.86. The molecule has 0 aliphatic heterocycles. The molecule has 0 saturated carbocycles. The van der Waals surface area contributed by atoms with Crippen molar-refractivity contribution >= 4 is 17.5 Å². The summed E-state index contributed by atoms with van der Waals surface area (Å²) in [6, 6.07) is 6.26. The first-order valence-electron chi connectivity index (χ1n) is 5.95. The number of anilines is 1. The van der Waals surface area contributed by atoms with Gasteiger partial charge in [0.2, 0.25) is 11.8 Å². The summed E-state index contributed by atoms with van der Waals surface area (Å²) in [7, 11) is 1.76. The fraction of sp³-hybridized carbons (Fsp3) is 0.385. The summed E-state index contributed by atoms with van der Waals surface area (Å²) in [4.78, 5) is 24.4. The van der Waals surface area contributed by atoms with E-state index in [1.807, 2.05) is 6.92 Å². The number of nitrogens with two attached hydrogens (primary N) is 1. The van der Waals surface area contributed by atoms with E-state index in [1.54, 1.807) is 36.2 Å². The Bertz CT molecular complexity index is 445. The van der Waals surface area contributed by atoms with Crippen molar-refractivity contribution < 1.29 is 14.7 Å². The van der Waals surface area contributed by atoms with E-state index in [1.165, 1.54) is 0 Å². The van der Waals surface area contributed by atoms with Crippen LogP contribution < -0.4 is 11.1 Å². The standard InChI is InChI=1S/C13H19N3O3/c1-9(8-17)16(2)7-12(18)15-11-5-3-10(4-6-11)13(14)19/h3-6,9,17H,7-8H2,1-2H3,(H2,14,19)(H,15,18). The molecule has 6 heteroatoms. The molecule has 1 rings (SSSR count). The molecule has 2 amide bonds. The lowest BCUT2D eigenvalue weighted by Crippen LogP contribution is -2.38. The molecular formula is C13H19N3O3. The minimum atomic E-state index is -0.505. The molecule has 104 valence electrons. The molecule has 1 unspecified atom stereocenters. The van der Waals surface area contributed by atoms with Gasteiger partial charge in [-0.15, -0.1) is 0 Å². The fourth-order valence-corrected chi connectivity index (χ4v) is 1.44. The number of hydrogen-bond donors (Lipinski definition) is 3. The van der Waals surface area contributed by atoms with Crippen molar-refractivity contribution in [1.29, 1.82) is 0 Å². The maximum absolute atomic E-state index is 11.7. The van der Waals surface area contributed by atoms with E-state index in [9.17, 15) is 9.59 Å². The normalized spacial score (nSPS) is 12.2. The first-order valence-corrected chi connectivity index (χ1v) is 5.95. The van der Waals surface area contributed by atoms with Crippen LogP contribution >= 0.6 is 0 Å². The smallest absolute Gasteiger partial charge is 0.248 e. The lowest BCUT2D eigenvalue weighted by Gasteiger charge is -2.21. The average Bonchev–Trinajstić information content (AvgIpc) is 2.38. The number of likely N-dealkylation sites (N-methyl/N-ethyl adjacent to an activating group) is 1. The van der Waals surface area contributed by atoms with Gasteiger partial charge in [0, 0.05) is 17.3 Å². The second-order valence-corrected chi connectivity index (χ2v) is 4.44. The fourth-order valence-electron chi connectivity index (χ4n) is 1.44. The molecule has 4 N–H and O–H groups in total. The first-order chi connectivity index (χ1) is 8.93. The van der Waals surface area contributed by atoms with Crippen molar-refractivity contribution in [2.24, 2.45) is 5.73 Å². The molecule has 1 aromatic rings. The minimum absolute atomic E-state index is 0.00289. The van der Waals surface area contributed by atoms with Crippen LogP contribution in [0.3, 0.4) is 0 Å². The van der Waals surface area contributed by atoms with Gasteiger partial charge in [-0.2, -0.15) is 0 Å². The van der Waals surface area contributed by atoms with Gasteiger partial charge in [-0.3, -0.25) is 14.5 Å². The topological polar surface area (TPSA) is 95.7 Å². The van der Waals surface area contributed by atoms with Gasteiger partial charge in [0.05, 0.1) is 13.2 Å². The average molecular weight is 265 g/mol. The van der Waals surface area contributed by atoms with Gasteiger partial charge in [-0.25, -0.2) is 0 Å². The lowest BCUT2D eigenvalue weighted by atomic mass is 10.2. The Hall–Kier alpha value is -1.92. The quantitative estimate of drug-likeness (QED) is 0.676. The number of carbonyl (C=O) groups excluding carboxylic acids is 2. The number of amides is 2. The Labute approximate surface area is 112 Å². The zero-order chi connectivity index (χ0) is 14.4. The summed E-state index contributed by atoms with van der Waals surface area (Å²) in [5.74, 6) is -0.691. The number of aliphatic hydroxyl groups excluding tert-OH is 1. The maximum atomic E-state index is 11.7. The summed E-state index contributed by atoms with van der Waals surface area (Å²) in [5, 5.41) is 11.7. The molecule has 1 atom stereocenters. The molecule has 0 aliphatic rings. The van der Waals surface area contributed by atoms with Crippen LogP contribution in [0.4, 0.5) is 5.69 Å². The molecular weight excluding hydrogens is 246 g/mol. The van der Waals surface area contributed by atoms with Crippen LogP contribution in [0.15, 0.2) is 24.3 Å². The number of aliphatic hydroxyl groups is 1. The van der Waals surface area contributed by atoms with Crippen molar-refractivity contribution in [2.75, 3.05) is 25.5 Å². The molecule has 0 bridgehead atoms. The number of nitrogens with zero attached hydrogens (tertiary/aromatic N) is 1. The van der Waals surface area contributed by atoms with Crippen LogP contribution in [-0.4, -0.2) is 48.1 Å². The van der Waals surface area contributed by atoms with Gasteiger partial charge in [-0.05, 0) is 38.2 Å². The van der Waals surface area contributed by atoms with E-state index in [0.29, 0.717) is 11.3 Å². The molecule has 0 radical (unpaired) electrons. The molecule has 0 aliphatic carbocycles. The Morgan fingerprint density at radius 2 is 1.95 bits per heavy atom. The number of hydrogen-bond acceptors (Lipinski definition) is 4. The Kier molecular flexibility index (Phi) is 5.47. The van der Waals surface area contributed by atoms with Crippen molar-refractivity contribution in [3.8, 4) is 0 Å². The van der Waals surface area contributed by atoms with Crippen LogP contribution in [-0.2, 0) is 4.79 Å². The number of nitrogens with one attached hydrogen (secondary N) is 1. The SMILES string of the molecule is CC(CO)N(C)CC(=O)Nc1ccc(C(N)=O)cc1. The number of rotatable bonds is 6. The number of primary amides is 1. The van der Waals surface area contributed by atoms with Crippen molar-refractivity contribution in [2.45, 2.75) is 13.0 Å². The van der Waals surface area contributed by atoms with Gasteiger partial charge in [0.1, 0.15) is 0 Å². The highest BCUT2D eigenvalue weighted by atomic mass is 16.3. The molecule has 1 aromatic carbocycles. The van der Waals surface area contributed by atoms with Crippen molar-refractivity contribution in [3.05, 3.63) is 29.8 Å².